The van der Waals surface area contributed by atoms with Gasteiger partial charge < -0.3 is 5.11 Å². The third kappa shape index (κ3) is 1.79. The number of phenolic OH excluding ortho intramolecular Hbond substituents is 1. The summed E-state index contributed by atoms with van der Waals surface area (Å²) in [6, 6.07) is 4.72. The van der Waals surface area contributed by atoms with Crippen molar-refractivity contribution in [3.8, 4) is 5.75 Å². The smallest absolute Gasteiger partial charge is 0.239 e. The predicted octanol–water partition coefficient (Wildman–Crippen LogP) is 1.99. The Morgan fingerprint density at radius 2 is 1.94 bits per heavy atom. The van der Waals surface area contributed by atoms with Crippen LogP contribution in [0.25, 0.3) is 0 Å². The van der Waals surface area contributed by atoms with Gasteiger partial charge in [-0.3, -0.25) is 14.5 Å². The van der Waals surface area contributed by atoms with E-state index in [1.807, 2.05) is 0 Å². The first-order valence-corrected chi connectivity index (χ1v) is 5.50. The van der Waals surface area contributed by atoms with Gasteiger partial charge in [-0.25, -0.2) is 0 Å². The Kier molecular flexibility index (Phi) is 2.45. The quantitative estimate of drug-likeness (QED) is 0.755. The first kappa shape index (κ1) is 11.6. The second-order valence-electron chi connectivity index (χ2n) is 5.07. The Morgan fingerprint density at radius 3 is 2.41 bits per heavy atom. The number of benzene rings is 1. The van der Waals surface area contributed by atoms with Crippen LogP contribution in [-0.4, -0.2) is 16.9 Å². The summed E-state index contributed by atoms with van der Waals surface area (Å²) in [4.78, 5) is 25.1. The number of hydrogen-bond donors (Lipinski definition) is 1. The Bertz CT molecular complexity index is 505. The van der Waals surface area contributed by atoms with Crippen molar-refractivity contribution in [3.05, 3.63) is 23.8 Å². The van der Waals surface area contributed by atoms with E-state index >= 15 is 0 Å². The second kappa shape index (κ2) is 3.58. The molecule has 0 bridgehead atoms. The van der Waals surface area contributed by atoms with Gasteiger partial charge in [-0.05, 0) is 30.7 Å². The summed E-state index contributed by atoms with van der Waals surface area (Å²) in [5.74, 6) is -0.218. The Hall–Kier alpha value is -1.84. The first-order chi connectivity index (χ1) is 7.83. The van der Waals surface area contributed by atoms with Crippen LogP contribution in [0.5, 0.6) is 5.75 Å². The van der Waals surface area contributed by atoms with Crippen molar-refractivity contribution in [2.75, 3.05) is 4.90 Å². The summed E-state index contributed by atoms with van der Waals surface area (Å²) in [6.45, 7) is 5.26. The van der Waals surface area contributed by atoms with E-state index < -0.39 is 5.41 Å². The van der Waals surface area contributed by atoms with Gasteiger partial charge in [-0.15, -0.1) is 0 Å². The zero-order chi connectivity index (χ0) is 12.8. The first-order valence-electron chi connectivity index (χ1n) is 5.50. The van der Waals surface area contributed by atoms with Crippen LogP contribution in [0, 0.1) is 12.3 Å². The average molecular weight is 233 g/mol. The fourth-order valence-electron chi connectivity index (χ4n) is 1.99. The van der Waals surface area contributed by atoms with Gasteiger partial charge >= 0.3 is 0 Å². The van der Waals surface area contributed by atoms with Crippen LogP contribution in [0.3, 0.4) is 0 Å². The highest BCUT2D eigenvalue weighted by molar-refractivity contribution is 6.22. The number of aryl methyl sites for hydroxylation is 1. The Labute approximate surface area is 99.9 Å². The van der Waals surface area contributed by atoms with Gasteiger partial charge in [0.1, 0.15) is 5.75 Å². The third-order valence-corrected chi connectivity index (χ3v) is 3.06. The van der Waals surface area contributed by atoms with Gasteiger partial charge in [0.05, 0.1) is 11.1 Å². The summed E-state index contributed by atoms with van der Waals surface area (Å²) < 4.78 is 0. The lowest BCUT2D eigenvalue weighted by Gasteiger charge is -2.18. The topological polar surface area (TPSA) is 57.6 Å². The zero-order valence-electron chi connectivity index (χ0n) is 10.2. The van der Waals surface area contributed by atoms with Crippen molar-refractivity contribution in [1.82, 2.24) is 0 Å². The summed E-state index contributed by atoms with van der Waals surface area (Å²) in [5, 5.41) is 9.43. The van der Waals surface area contributed by atoms with Crippen molar-refractivity contribution in [3.63, 3.8) is 0 Å². The number of rotatable bonds is 1. The molecule has 0 atom stereocenters. The molecule has 1 aromatic rings. The van der Waals surface area contributed by atoms with Crippen molar-refractivity contribution < 1.29 is 14.7 Å². The van der Waals surface area contributed by atoms with Gasteiger partial charge in [0, 0.05) is 6.42 Å². The summed E-state index contributed by atoms with van der Waals surface area (Å²) in [5.41, 5.74) is 0.539. The standard InChI is InChI=1S/C13H15NO3/c1-8-6-9(4-5-10(8)15)14-11(16)7-13(2,3)12(14)17/h4-6,15H,7H2,1-3H3. The molecule has 0 radical (unpaired) electrons. The number of amides is 2. The molecule has 17 heavy (non-hydrogen) atoms. The van der Waals surface area contributed by atoms with Crippen molar-refractivity contribution in [2.45, 2.75) is 27.2 Å². The monoisotopic (exact) mass is 233 g/mol. The highest BCUT2D eigenvalue weighted by atomic mass is 16.3. The van der Waals surface area contributed by atoms with E-state index in [9.17, 15) is 14.7 Å². The maximum atomic E-state index is 12.1. The van der Waals surface area contributed by atoms with Crippen LogP contribution < -0.4 is 4.90 Å². The molecule has 0 unspecified atom stereocenters. The highest BCUT2D eigenvalue weighted by Gasteiger charge is 2.45. The lowest BCUT2D eigenvalue weighted by atomic mass is 9.92. The van der Waals surface area contributed by atoms with Crippen molar-refractivity contribution >= 4 is 17.5 Å². The molecule has 1 saturated heterocycles. The van der Waals surface area contributed by atoms with Crippen molar-refractivity contribution in [1.29, 1.82) is 0 Å². The Balaban J connectivity index is 2.44. The molecule has 0 aliphatic carbocycles. The third-order valence-electron chi connectivity index (χ3n) is 3.06. The molecule has 1 aliphatic rings. The van der Waals surface area contributed by atoms with E-state index in [4.69, 9.17) is 0 Å². The minimum atomic E-state index is -0.636. The van der Waals surface area contributed by atoms with Crippen LogP contribution in [0.15, 0.2) is 18.2 Å². The Morgan fingerprint density at radius 1 is 1.29 bits per heavy atom. The molecule has 1 aromatic carbocycles. The lowest BCUT2D eigenvalue weighted by molar-refractivity contribution is -0.124. The molecule has 0 spiro atoms. The molecule has 2 rings (SSSR count). The van der Waals surface area contributed by atoms with E-state index in [0.29, 0.717) is 11.3 Å². The van der Waals surface area contributed by atoms with Gasteiger partial charge in [0.2, 0.25) is 11.8 Å². The molecule has 4 nitrogen and oxygen atoms in total. The van der Waals surface area contributed by atoms with Crippen LogP contribution in [0.4, 0.5) is 5.69 Å². The van der Waals surface area contributed by atoms with Crippen molar-refractivity contribution in [2.24, 2.45) is 5.41 Å². The van der Waals surface area contributed by atoms with E-state index in [1.165, 1.54) is 11.0 Å². The van der Waals surface area contributed by atoms with E-state index in [0.717, 1.165) is 0 Å². The molecule has 1 heterocycles. The number of nitrogens with zero attached hydrogens (tertiary/aromatic N) is 1. The number of carbonyl (C=O) groups is 2. The summed E-state index contributed by atoms with van der Waals surface area (Å²) >= 11 is 0. The van der Waals surface area contributed by atoms with Gasteiger partial charge in [0.15, 0.2) is 0 Å². The largest absolute Gasteiger partial charge is 0.508 e. The van der Waals surface area contributed by atoms with Gasteiger partial charge in [0.25, 0.3) is 0 Å². The van der Waals surface area contributed by atoms with Crippen LogP contribution in [0.2, 0.25) is 0 Å². The van der Waals surface area contributed by atoms with E-state index in [1.54, 1.807) is 32.9 Å². The number of imide groups is 1. The molecule has 0 aromatic heterocycles. The molecule has 4 heteroatoms. The molecule has 1 aliphatic heterocycles. The number of hydrogen-bond acceptors (Lipinski definition) is 3. The zero-order valence-corrected chi connectivity index (χ0v) is 10.2. The number of carbonyl (C=O) groups excluding carboxylic acids is 2. The van der Waals surface area contributed by atoms with Crippen LogP contribution >= 0.6 is 0 Å². The van der Waals surface area contributed by atoms with Gasteiger partial charge in [-0.1, -0.05) is 13.8 Å². The second-order valence-corrected chi connectivity index (χ2v) is 5.07. The molecule has 2 amide bonds. The molecular weight excluding hydrogens is 218 g/mol. The van der Waals surface area contributed by atoms with Crippen LogP contribution in [0.1, 0.15) is 25.8 Å². The summed E-state index contributed by atoms with van der Waals surface area (Å²) in [6.07, 6.45) is 0.228. The summed E-state index contributed by atoms with van der Waals surface area (Å²) in [7, 11) is 0. The number of anilines is 1. The average Bonchev–Trinajstić information content (AvgIpc) is 2.42. The number of aromatic hydroxyl groups is 1. The van der Waals surface area contributed by atoms with Gasteiger partial charge in [-0.2, -0.15) is 0 Å². The molecule has 90 valence electrons. The maximum absolute atomic E-state index is 12.1. The minimum absolute atomic E-state index is 0.159. The molecule has 0 saturated carbocycles. The normalized spacial score (nSPS) is 18.9. The SMILES string of the molecule is Cc1cc(N2C(=O)CC(C)(C)C2=O)ccc1O. The molecule has 1 N–H and O–H groups in total. The van der Waals surface area contributed by atoms with E-state index in [2.05, 4.69) is 0 Å². The molecular formula is C13H15NO3. The van der Waals surface area contributed by atoms with E-state index in [-0.39, 0.29) is 24.0 Å². The fraction of sp³-hybridized carbons (Fsp3) is 0.385. The minimum Gasteiger partial charge on any atom is -0.508 e. The predicted molar refractivity (Wildman–Crippen MR) is 63.7 cm³/mol. The maximum Gasteiger partial charge on any atom is 0.239 e. The highest BCUT2D eigenvalue weighted by Crippen LogP contribution is 2.36. The fourth-order valence-corrected chi connectivity index (χ4v) is 1.99. The van der Waals surface area contributed by atoms with Crippen LogP contribution in [-0.2, 0) is 9.59 Å². The molecule has 1 fully saturated rings. The number of phenols is 1. The lowest BCUT2D eigenvalue weighted by Crippen LogP contribution is -2.32.